The van der Waals surface area contributed by atoms with Crippen molar-refractivity contribution in [3.8, 4) is 11.4 Å². The summed E-state index contributed by atoms with van der Waals surface area (Å²) in [6.07, 6.45) is 1.56. The van der Waals surface area contributed by atoms with Gasteiger partial charge < -0.3 is 4.52 Å². The first kappa shape index (κ1) is 17.8. The Morgan fingerprint density at radius 3 is 2.58 bits per heavy atom. The Labute approximate surface area is 152 Å². The van der Waals surface area contributed by atoms with Gasteiger partial charge in [-0.2, -0.15) is 4.98 Å². The van der Waals surface area contributed by atoms with E-state index in [9.17, 15) is 4.79 Å². The van der Waals surface area contributed by atoms with Crippen LogP contribution >= 0.6 is 0 Å². The van der Waals surface area contributed by atoms with Crippen LogP contribution in [-0.2, 0) is 29.1 Å². The molecular formula is C20H21N3O3. The molecule has 0 aliphatic rings. The van der Waals surface area contributed by atoms with Crippen LogP contribution in [0.1, 0.15) is 30.4 Å². The van der Waals surface area contributed by atoms with E-state index in [2.05, 4.69) is 22.5 Å². The Morgan fingerprint density at radius 1 is 1.08 bits per heavy atom. The summed E-state index contributed by atoms with van der Waals surface area (Å²) < 4.78 is 5.22. The topological polar surface area (TPSA) is 77.2 Å². The van der Waals surface area contributed by atoms with Crippen LogP contribution in [0.5, 0.6) is 0 Å². The predicted octanol–water partition coefficient (Wildman–Crippen LogP) is 3.48. The van der Waals surface area contributed by atoms with Crippen molar-refractivity contribution in [1.82, 2.24) is 15.6 Å². The van der Waals surface area contributed by atoms with Crippen LogP contribution in [-0.4, -0.2) is 16.0 Å². The van der Waals surface area contributed by atoms with Crippen molar-refractivity contribution in [2.45, 2.75) is 32.8 Å². The quantitative estimate of drug-likeness (QED) is 0.629. The molecule has 0 spiro atoms. The van der Waals surface area contributed by atoms with E-state index in [0.29, 0.717) is 24.7 Å². The zero-order chi connectivity index (χ0) is 18.2. The van der Waals surface area contributed by atoms with E-state index in [0.717, 1.165) is 17.5 Å². The van der Waals surface area contributed by atoms with Crippen LogP contribution in [0.15, 0.2) is 59.1 Å². The van der Waals surface area contributed by atoms with Crippen LogP contribution in [0.25, 0.3) is 11.4 Å². The Kier molecular flexibility index (Phi) is 6.11. The number of hydrogen-bond acceptors (Lipinski definition) is 5. The standard InChI is InChI=1S/C20H21N3O3/c1-2-15-8-10-17(11-9-15)20-21-19(26-23-20)13-12-18(24)22-25-14-16-6-4-3-5-7-16/h3-11H,2,12-14H2,1H3,(H,22,24). The Balaban J connectivity index is 1.44. The smallest absolute Gasteiger partial charge is 0.244 e. The van der Waals surface area contributed by atoms with Crippen molar-refractivity contribution in [2.24, 2.45) is 0 Å². The van der Waals surface area contributed by atoms with E-state index < -0.39 is 0 Å². The number of nitrogens with one attached hydrogen (secondary N) is 1. The van der Waals surface area contributed by atoms with Crippen LogP contribution in [0, 0.1) is 0 Å². The molecular weight excluding hydrogens is 330 g/mol. The van der Waals surface area contributed by atoms with Gasteiger partial charge in [0.25, 0.3) is 0 Å². The SMILES string of the molecule is CCc1ccc(-c2noc(CCC(=O)NOCc3ccccc3)n2)cc1. The van der Waals surface area contributed by atoms with Crippen molar-refractivity contribution < 1.29 is 14.2 Å². The average molecular weight is 351 g/mol. The molecule has 0 aliphatic carbocycles. The molecule has 1 amide bonds. The van der Waals surface area contributed by atoms with E-state index >= 15 is 0 Å². The van der Waals surface area contributed by atoms with Gasteiger partial charge in [0.1, 0.15) is 0 Å². The van der Waals surface area contributed by atoms with Gasteiger partial charge in [-0.3, -0.25) is 9.63 Å². The van der Waals surface area contributed by atoms with Gasteiger partial charge in [0.15, 0.2) is 0 Å². The molecule has 2 aromatic carbocycles. The van der Waals surface area contributed by atoms with Gasteiger partial charge >= 0.3 is 0 Å². The number of aryl methyl sites for hydroxylation is 2. The van der Waals surface area contributed by atoms with E-state index in [1.165, 1.54) is 5.56 Å². The lowest BCUT2D eigenvalue weighted by Gasteiger charge is -2.04. The zero-order valence-corrected chi connectivity index (χ0v) is 14.6. The van der Waals surface area contributed by atoms with Gasteiger partial charge in [0.2, 0.25) is 17.6 Å². The van der Waals surface area contributed by atoms with Gasteiger partial charge in [-0.15, -0.1) is 0 Å². The maximum Gasteiger partial charge on any atom is 0.244 e. The summed E-state index contributed by atoms with van der Waals surface area (Å²) in [4.78, 5) is 21.4. The number of nitrogens with zero attached hydrogens (tertiary/aromatic N) is 2. The number of carbonyl (C=O) groups is 1. The molecule has 6 heteroatoms. The minimum absolute atomic E-state index is 0.213. The second-order valence-electron chi connectivity index (χ2n) is 5.86. The molecule has 0 saturated carbocycles. The summed E-state index contributed by atoms with van der Waals surface area (Å²) in [6.45, 7) is 2.43. The van der Waals surface area contributed by atoms with E-state index in [4.69, 9.17) is 9.36 Å². The molecule has 6 nitrogen and oxygen atoms in total. The van der Waals surface area contributed by atoms with Gasteiger partial charge in [-0.1, -0.05) is 66.7 Å². The van der Waals surface area contributed by atoms with E-state index in [1.54, 1.807) is 0 Å². The summed E-state index contributed by atoms with van der Waals surface area (Å²) in [6, 6.07) is 17.7. The molecule has 3 aromatic rings. The second kappa shape index (κ2) is 8.92. The molecule has 0 fully saturated rings. The third-order valence-corrected chi connectivity index (χ3v) is 3.92. The fourth-order valence-electron chi connectivity index (χ4n) is 2.41. The van der Waals surface area contributed by atoms with Gasteiger partial charge in [0.05, 0.1) is 6.61 Å². The van der Waals surface area contributed by atoms with E-state index in [1.807, 2.05) is 54.6 Å². The number of aromatic nitrogens is 2. The number of hydroxylamine groups is 1. The average Bonchev–Trinajstić information content (AvgIpc) is 3.16. The summed E-state index contributed by atoms with van der Waals surface area (Å²) in [7, 11) is 0. The first-order chi connectivity index (χ1) is 12.7. The lowest BCUT2D eigenvalue weighted by atomic mass is 10.1. The number of carbonyl (C=O) groups excluding carboxylic acids is 1. The third kappa shape index (κ3) is 5.00. The largest absolute Gasteiger partial charge is 0.339 e. The molecule has 0 atom stereocenters. The van der Waals surface area contributed by atoms with Crippen LogP contribution in [0.4, 0.5) is 0 Å². The normalized spacial score (nSPS) is 10.7. The fourth-order valence-corrected chi connectivity index (χ4v) is 2.41. The molecule has 26 heavy (non-hydrogen) atoms. The maximum absolute atomic E-state index is 11.8. The summed E-state index contributed by atoms with van der Waals surface area (Å²) in [5.74, 6) is 0.731. The van der Waals surface area contributed by atoms with Gasteiger partial charge in [-0.05, 0) is 17.5 Å². The van der Waals surface area contributed by atoms with Crippen LogP contribution in [0.2, 0.25) is 0 Å². The molecule has 3 rings (SSSR count). The lowest BCUT2D eigenvalue weighted by Crippen LogP contribution is -2.23. The van der Waals surface area contributed by atoms with Crippen molar-refractivity contribution in [3.63, 3.8) is 0 Å². The van der Waals surface area contributed by atoms with Crippen molar-refractivity contribution in [3.05, 3.63) is 71.6 Å². The van der Waals surface area contributed by atoms with Crippen molar-refractivity contribution in [2.75, 3.05) is 0 Å². The summed E-state index contributed by atoms with van der Waals surface area (Å²) in [5.41, 5.74) is 5.56. The minimum Gasteiger partial charge on any atom is -0.339 e. The monoisotopic (exact) mass is 351 g/mol. The number of benzene rings is 2. The number of hydrogen-bond donors (Lipinski definition) is 1. The highest BCUT2D eigenvalue weighted by atomic mass is 16.6. The zero-order valence-electron chi connectivity index (χ0n) is 14.6. The summed E-state index contributed by atoms with van der Waals surface area (Å²) in [5, 5.41) is 3.97. The lowest BCUT2D eigenvalue weighted by molar-refractivity contribution is -0.134. The van der Waals surface area contributed by atoms with Crippen LogP contribution < -0.4 is 5.48 Å². The van der Waals surface area contributed by atoms with Gasteiger partial charge in [0, 0.05) is 18.4 Å². The highest BCUT2D eigenvalue weighted by molar-refractivity contribution is 5.74. The minimum atomic E-state index is -0.229. The second-order valence-corrected chi connectivity index (χ2v) is 5.86. The third-order valence-electron chi connectivity index (χ3n) is 3.92. The first-order valence-corrected chi connectivity index (χ1v) is 8.61. The molecule has 1 aromatic heterocycles. The molecule has 1 N–H and O–H groups in total. The van der Waals surface area contributed by atoms with Crippen molar-refractivity contribution >= 4 is 5.91 Å². The predicted molar refractivity (Wildman–Crippen MR) is 96.8 cm³/mol. The number of rotatable bonds is 8. The maximum atomic E-state index is 11.8. The van der Waals surface area contributed by atoms with Crippen LogP contribution in [0.3, 0.4) is 0 Å². The van der Waals surface area contributed by atoms with Gasteiger partial charge in [-0.25, -0.2) is 5.48 Å². The molecule has 0 aliphatic heterocycles. The summed E-state index contributed by atoms with van der Waals surface area (Å²) >= 11 is 0. The molecule has 0 saturated heterocycles. The fraction of sp³-hybridized carbons (Fsp3) is 0.250. The Bertz CT molecular complexity index is 829. The highest BCUT2D eigenvalue weighted by Crippen LogP contribution is 2.17. The Morgan fingerprint density at radius 2 is 1.85 bits per heavy atom. The van der Waals surface area contributed by atoms with Crippen molar-refractivity contribution in [1.29, 1.82) is 0 Å². The molecule has 0 radical (unpaired) electrons. The number of amides is 1. The molecule has 134 valence electrons. The molecule has 1 heterocycles. The molecule has 0 bridgehead atoms. The Hall–Kier alpha value is -2.99. The first-order valence-electron chi connectivity index (χ1n) is 8.61. The van der Waals surface area contributed by atoms with E-state index in [-0.39, 0.29) is 12.3 Å². The highest BCUT2D eigenvalue weighted by Gasteiger charge is 2.11. The molecule has 0 unspecified atom stereocenters.